The summed E-state index contributed by atoms with van der Waals surface area (Å²) in [5, 5.41) is 3.31. The summed E-state index contributed by atoms with van der Waals surface area (Å²) in [5.74, 6) is 0. The fourth-order valence-corrected chi connectivity index (χ4v) is 2.24. The van der Waals surface area contributed by atoms with Gasteiger partial charge in [0.25, 0.3) is 0 Å². The van der Waals surface area contributed by atoms with Crippen LogP contribution in [0.3, 0.4) is 0 Å². The summed E-state index contributed by atoms with van der Waals surface area (Å²) in [7, 11) is 0. The molecule has 0 aromatic heterocycles. The maximum absolute atomic E-state index is 12.8. The van der Waals surface area contributed by atoms with Gasteiger partial charge < -0.3 is 5.32 Å². The van der Waals surface area contributed by atoms with Gasteiger partial charge in [-0.3, -0.25) is 4.90 Å². The second kappa shape index (κ2) is 6.14. The molecule has 1 saturated heterocycles. The van der Waals surface area contributed by atoms with Crippen LogP contribution < -0.4 is 5.32 Å². The molecular formula is C11H21FN2. The van der Waals surface area contributed by atoms with Crippen LogP contribution in [0.25, 0.3) is 0 Å². The Bertz CT molecular complexity index is 149. The number of halogens is 1. The molecule has 1 heterocycles. The van der Waals surface area contributed by atoms with Gasteiger partial charge in [0.2, 0.25) is 0 Å². The Balaban J connectivity index is 0.000000461. The number of hydrogen-bond acceptors (Lipinski definition) is 2. The molecule has 0 aromatic carbocycles. The second-order valence-corrected chi connectivity index (χ2v) is 3.88. The van der Waals surface area contributed by atoms with Crippen molar-refractivity contribution in [2.24, 2.45) is 0 Å². The number of hydrogen-bond donors (Lipinski definition) is 1. The van der Waals surface area contributed by atoms with Crippen molar-refractivity contribution < 1.29 is 4.39 Å². The van der Waals surface area contributed by atoms with E-state index in [1.54, 1.807) is 0 Å². The van der Waals surface area contributed by atoms with Crippen LogP contribution in [0.1, 0.15) is 25.7 Å². The summed E-state index contributed by atoms with van der Waals surface area (Å²) in [6, 6.07) is 0.659. The van der Waals surface area contributed by atoms with Crippen LogP contribution >= 0.6 is 0 Å². The molecule has 1 aliphatic carbocycles. The Labute approximate surface area is 86.2 Å². The van der Waals surface area contributed by atoms with Gasteiger partial charge in [0.15, 0.2) is 0 Å². The van der Waals surface area contributed by atoms with Crippen molar-refractivity contribution in [3.8, 4) is 0 Å². The van der Waals surface area contributed by atoms with Gasteiger partial charge >= 0.3 is 0 Å². The summed E-state index contributed by atoms with van der Waals surface area (Å²) in [6.07, 6.45) is 3.16. The molecular weight excluding hydrogens is 179 g/mol. The number of nitrogens with one attached hydrogen (secondary N) is 1. The molecule has 1 saturated carbocycles. The minimum atomic E-state index is -0.517. The summed E-state index contributed by atoms with van der Waals surface area (Å²) < 4.78 is 12.8. The zero-order chi connectivity index (χ0) is 10.4. The molecule has 82 valence electrons. The molecule has 0 bridgehead atoms. The molecule has 2 nitrogen and oxygen atoms in total. The van der Waals surface area contributed by atoms with Crippen LogP contribution in [0.5, 0.6) is 0 Å². The number of alkyl halides is 1. The maximum Gasteiger partial charge on any atom is 0.100 e. The maximum atomic E-state index is 12.8. The normalized spacial score (nSPS) is 33.5. The van der Waals surface area contributed by atoms with Crippen molar-refractivity contribution in [3.63, 3.8) is 0 Å². The van der Waals surface area contributed by atoms with Crippen molar-refractivity contribution in [2.75, 3.05) is 19.8 Å². The first-order valence-electron chi connectivity index (χ1n) is 5.45. The van der Waals surface area contributed by atoms with Gasteiger partial charge in [0, 0.05) is 25.8 Å². The van der Waals surface area contributed by atoms with E-state index in [0.29, 0.717) is 6.04 Å². The first-order chi connectivity index (χ1) is 6.86. The zero-order valence-electron chi connectivity index (χ0n) is 8.84. The summed E-state index contributed by atoms with van der Waals surface area (Å²) in [6.45, 7) is 9.28. The lowest BCUT2D eigenvalue weighted by atomic mass is 9.93. The van der Waals surface area contributed by atoms with Crippen molar-refractivity contribution in [1.82, 2.24) is 10.2 Å². The highest BCUT2D eigenvalue weighted by Crippen LogP contribution is 2.25. The molecule has 0 radical (unpaired) electrons. The van der Waals surface area contributed by atoms with Crippen molar-refractivity contribution >= 4 is 0 Å². The monoisotopic (exact) mass is 200 g/mol. The minimum Gasteiger partial charge on any atom is -0.303 e. The van der Waals surface area contributed by atoms with E-state index in [-0.39, 0.29) is 0 Å². The van der Waals surface area contributed by atoms with E-state index in [2.05, 4.69) is 23.4 Å². The van der Waals surface area contributed by atoms with Crippen LogP contribution in [0.2, 0.25) is 0 Å². The second-order valence-electron chi connectivity index (χ2n) is 3.88. The molecule has 1 aliphatic heterocycles. The molecule has 14 heavy (non-hydrogen) atoms. The molecule has 0 aromatic rings. The Hall–Kier alpha value is -0.410. The highest BCUT2D eigenvalue weighted by molar-refractivity contribution is 4.81. The van der Waals surface area contributed by atoms with Gasteiger partial charge in [-0.1, -0.05) is 0 Å². The Kier molecular flexibility index (Phi) is 5.12. The SMILES string of the molecule is C=C.FC1CCC(N2CCNC2)CC1. The average Bonchev–Trinajstić information content (AvgIpc) is 2.75. The van der Waals surface area contributed by atoms with Crippen LogP contribution in [-0.2, 0) is 0 Å². The first-order valence-corrected chi connectivity index (χ1v) is 5.45. The molecule has 3 heteroatoms. The van der Waals surface area contributed by atoms with E-state index in [4.69, 9.17) is 0 Å². The summed E-state index contributed by atoms with van der Waals surface area (Å²) in [4.78, 5) is 2.45. The van der Waals surface area contributed by atoms with Crippen molar-refractivity contribution in [2.45, 2.75) is 37.9 Å². The fourth-order valence-electron chi connectivity index (χ4n) is 2.24. The van der Waals surface area contributed by atoms with Gasteiger partial charge in [0.05, 0.1) is 0 Å². The van der Waals surface area contributed by atoms with Crippen LogP contribution in [0.4, 0.5) is 4.39 Å². The highest BCUT2D eigenvalue weighted by atomic mass is 19.1. The third-order valence-corrected chi connectivity index (χ3v) is 3.03. The van der Waals surface area contributed by atoms with E-state index < -0.39 is 6.17 Å². The third kappa shape index (κ3) is 3.07. The quantitative estimate of drug-likeness (QED) is 0.651. The lowest BCUT2D eigenvalue weighted by molar-refractivity contribution is 0.140. The van der Waals surface area contributed by atoms with Gasteiger partial charge in [-0.2, -0.15) is 0 Å². The van der Waals surface area contributed by atoms with E-state index in [1.807, 2.05) is 0 Å². The number of rotatable bonds is 1. The van der Waals surface area contributed by atoms with Crippen LogP contribution in [0.15, 0.2) is 13.2 Å². The van der Waals surface area contributed by atoms with Crippen LogP contribution in [-0.4, -0.2) is 36.9 Å². The Morgan fingerprint density at radius 2 is 1.79 bits per heavy atom. The van der Waals surface area contributed by atoms with Crippen molar-refractivity contribution in [3.05, 3.63) is 13.2 Å². The van der Waals surface area contributed by atoms with Gasteiger partial charge in [0.1, 0.15) is 6.17 Å². The molecule has 1 N–H and O–H groups in total. The largest absolute Gasteiger partial charge is 0.303 e. The molecule has 2 rings (SSSR count). The topological polar surface area (TPSA) is 15.3 Å². The molecule has 0 atom stereocenters. The Morgan fingerprint density at radius 1 is 1.14 bits per heavy atom. The highest BCUT2D eigenvalue weighted by Gasteiger charge is 2.26. The number of nitrogens with zero attached hydrogens (tertiary/aromatic N) is 1. The summed E-state index contributed by atoms with van der Waals surface area (Å²) in [5.41, 5.74) is 0. The predicted octanol–water partition coefficient (Wildman–Crippen LogP) is 1.93. The summed E-state index contributed by atoms with van der Waals surface area (Å²) >= 11 is 0. The van der Waals surface area contributed by atoms with Gasteiger partial charge in [-0.05, 0) is 25.7 Å². The van der Waals surface area contributed by atoms with Crippen LogP contribution in [0, 0.1) is 0 Å². The van der Waals surface area contributed by atoms with E-state index in [0.717, 1.165) is 45.4 Å². The third-order valence-electron chi connectivity index (χ3n) is 3.03. The molecule has 0 spiro atoms. The fraction of sp³-hybridized carbons (Fsp3) is 0.818. The average molecular weight is 200 g/mol. The van der Waals surface area contributed by atoms with Gasteiger partial charge in [-0.25, -0.2) is 4.39 Å². The van der Waals surface area contributed by atoms with Gasteiger partial charge in [-0.15, -0.1) is 13.2 Å². The molecule has 0 amide bonds. The molecule has 2 fully saturated rings. The lowest BCUT2D eigenvalue weighted by Gasteiger charge is -2.31. The smallest absolute Gasteiger partial charge is 0.100 e. The van der Waals surface area contributed by atoms with E-state index >= 15 is 0 Å². The molecule has 2 aliphatic rings. The zero-order valence-corrected chi connectivity index (χ0v) is 8.84. The Morgan fingerprint density at radius 3 is 2.29 bits per heavy atom. The first kappa shape index (κ1) is 11.7. The van der Waals surface area contributed by atoms with E-state index in [9.17, 15) is 4.39 Å². The standard InChI is InChI=1S/C9H17FN2.C2H4/c10-8-1-3-9(4-2-8)12-6-5-11-7-12;1-2/h8-9,11H,1-7H2;1-2H2. The lowest BCUT2D eigenvalue weighted by Crippen LogP contribution is -2.37. The predicted molar refractivity (Wildman–Crippen MR) is 58.0 cm³/mol. The molecule has 0 unspecified atom stereocenters. The van der Waals surface area contributed by atoms with E-state index in [1.165, 1.54) is 0 Å². The minimum absolute atomic E-state index is 0.517. The van der Waals surface area contributed by atoms with Crippen molar-refractivity contribution in [1.29, 1.82) is 0 Å².